The second-order valence-corrected chi connectivity index (χ2v) is 11.3. The molecule has 0 N–H and O–H groups in total. The van der Waals surface area contributed by atoms with Crippen molar-refractivity contribution in [3.05, 3.63) is 0 Å². The van der Waals surface area contributed by atoms with Crippen LogP contribution in [0.2, 0.25) is 0 Å². The molecule has 0 aromatic carbocycles. The van der Waals surface area contributed by atoms with Gasteiger partial charge in [0.25, 0.3) is 4.52 Å². The van der Waals surface area contributed by atoms with Crippen molar-refractivity contribution in [3.8, 4) is 0 Å². The van der Waals surface area contributed by atoms with Gasteiger partial charge in [0, 0.05) is 0 Å². The van der Waals surface area contributed by atoms with E-state index >= 15 is 0 Å². The number of hydrogen-bond donors (Lipinski definition) is 0. The summed E-state index contributed by atoms with van der Waals surface area (Å²) in [7, 11) is -3.65. The van der Waals surface area contributed by atoms with Crippen molar-refractivity contribution in [2.24, 2.45) is 0 Å². The molecule has 12 heteroatoms. The van der Waals surface area contributed by atoms with Crippen LogP contribution < -0.4 is 0 Å². The summed E-state index contributed by atoms with van der Waals surface area (Å²) in [5, 5.41) is -2.14. The zero-order valence-corrected chi connectivity index (χ0v) is 14.9. The lowest BCUT2D eigenvalue weighted by Gasteiger charge is -2.37. The van der Waals surface area contributed by atoms with E-state index in [-0.39, 0.29) is 0 Å². The molecule has 0 aromatic rings. The van der Waals surface area contributed by atoms with E-state index in [4.69, 9.17) is 97.5 Å². The first-order valence-electron chi connectivity index (χ1n) is 4.04. The van der Waals surface area contributed by atoms with Crippen LogP contribution in [-0.2, 0) is 14.6 Å². The minimum atomic E-state index is -3.65. The van der Waals surface area contributed by atoms with E-state index in [1.807, 2.05) is 0 Å². The minimum absolute atomic E-state index is 0.643. The van der Waals surface area contributed by atoms with Crippen LogP contribution in [-0.4, -0.2) is 37.6 Å². The maximum Gasteiger partial charge on any atom is 0.267 e. The fraction of sp³-hybridized carbons (Fsp3) is 1.00. The highest BCUT2D eigenvalue weighted by molar-refractivity contribution is 7.92. The Bertz CT molecular complexity index is 440. The SMILES string of the molecule is O=S1(=O)CC(Cl)(Cl)C(Cl)(OC(Cl)(Cl)C(Cl)(Cl)Cl)C1. The Morgan fingerprint density at radius 2 is 1.39 bits per heavy atom. The van der Waals surface area contributed by atoms with Crippen molar-refractivity contribution < 1.29 is 13.2 Å². The summed E-state index contributed by atoms with van der Waals surface area (Å²) in [5.74, 6) is -1.37. The average molecular weight is 440 g/mol. The molecule has 0 spiro atoms. The molecule has 0 aliphatic carbocycles. The zero-order chi connectivity index (χ0) is 14.6. The number of rotatable bonds is 2. The van der Waals surface area contributed by atoms with Crippen LogP contribution in [0.4, 0.5) is 0 Å². The molecule has 1 atom stereocenters. The molecule has 3 nitrogen and oxygen atoms in total. The molecule has 1 aliphatic heterocycles. The molecule has 0 bridgehead atoms. The standard InChI is InChI=1S/C6H4Cl8O3S/c7-3(8)1-18(15,16)2-4(3,9)17-6(13,14)5(10,11)12/h1-2H2. The highest BCUT2D eigenvalue weighted by Gasteiger charge is 2.65. The molecular weight excluding hydrogens is 436 g/mol. The first-order valence-corrected chi connectivity index (χ1v) is 8.88. The van der Waals surface area contributed by atoms with E-state index in [9.17, 15) is 8.42 Å². The summed E-state index contributed by atoms with van der Waals surface area (Å²) in [6.07, 6.45) is 0. The van der Waals surface area contributed by atoms with Crippen molar-refractivity contribution >= 4 is 103 Å². The first kappa shape index (κ1) is 18.3. The highest BCUT2D eigenvalue weighted by Crippen LogP contribution is 2.55. The van der Waals surface area contributed by atoms with Crippen molar-refractivity contribution in [1.82, 2.24) is 0 Å². The predicted molar refractivity (Wildman–Crippen MR) is 77.5 cm³/mol. The van der Waals surface area contributed by atoms with Gasteiger partial charge in [0.1, 0.15) is 0 Å². The topological polar surface area (TPSA) is 43.4 Å². The van der Waals surface area contributed by atoms with Crippen molar-refractivity contribution in [2.75, 3.05) is 11.5 Å². The summed E-state index contributed by atoms with van der Waals surface area (Å²) in [6, 6.07) is 0. The molecule has 1 unspecified atom stereocenters. The third-order valence-corrected chi connectivity index (χ3v) is 7.87. The largest absolute Gasteiger partial charge is 0.316 e. The Balaban J connectivity index is 3.10. The van der Waals surface area contributed by atoms with Gasteiger partial charge in [0.05, 0.1) is 11.5 Å². The third-order valence-electron chi connectivity index (χ3n) is 1.97. The van der Waals surface area contributed by atoms with Crippen molar-refractivity contribution in [3.63, 3.8) is 0 Å². The van der Waals surface area contributed by atoms with Gasteiger partial charge in [-0.2, -0.15) is 0 Å². The van der Waals surface area contributed by atoms with E-state index in [1.54, 1.807) is 0 Å². The Morgan fingerprint density at radius 1 is 0.944 bits per heavy atom. The number of ether oxygens (including phenoxy) is 1. The van der Waals surface area contributed by atoms with E-state index < -0.39 is 39.0 Å². The summed E-state index contributed by atoms with van der Waals surface area (Å²) in [4.78, 5) is 0. The zero-order valence-electron chi connectivity index (χ0n) is 8.07. The van der Waals surface area contributed by atoms with Gasteiger partial charge < -0.3 is 4.74 Å². The minimum Gasteiger partial charge on any atom is -0.316 e. The van der Waals surface area contributed by atoms with Crippen LogP contribution >= 0.6 is 92.8 Å². The van der Waals surface area contributed by atoms with Crippen LogP contribution in [0.15, 0.2) is 0 Å². The lowest BCUT2D eigenvalue weighted by atomic mass is 10.3. The predicted octanol–water partition coefficient (Wildman–Crippen LogP) is 4.04. The van der Waals surface area contributed by atoms with Crippen LogP contribution in [0.5, 0.6) is 0 Å². The monoisotopic (exact) mass is 436 g/mol. The second-order valence-electron chi connectivity index (χ2n) is 3.58. The maximum absolute atomic E-state index is 11.5. The summed E-state index contributed by atoms with van der Waals surface area (Å²) in [6.45, 7) is 0. The van der Waals surface area contributed by atoms with Gasteiger partial charge in [-0.3, -0.25) is 0 Å². The Labute approximate surface area is 144 Å². The summed E-state index contributed by atoms with van der Waals surface area (Å²) in [5.41, 5.74) is 0. The molecule has 1 fully saturated rings. The summed E-state index contributed by atoms with van der Waals surface area (Å²) >= 11 is 45.3. The molecule has 0 amide bonds. The molecule has 1 saturated heterocycles. The second kappa shape index (κ2) is 5.15. The van der Waals surface area contributed by atoms with Gasteiger partial charge in [0.2, 0.25) is 3.79 Å². The molecule has 0 aromatic heterocycles. The fourth-order valence-corrected chi connectivity index (χ4v) is 5.53. The fourth-order valence-electron chi connectivity index (χ4n) is 1.19. The van der Waals surface area contributed by atoms with Gasteiger partial charge in [-0.1, -0.05) is 92.8 Å². The van der Waals surface area contributed by atoms with Crippen LogP contribution in [0.25, 0.3) is 0 Å². The van der Waals surface area contributed by atoms with E-state index in [1.165, 1.54) is 0 Å². The lowest BCUT2D eigenvalue weighted by Crippen LogP contribution is -2.50. The van der Waals surface area contributed by atoms with Gasteiger partial charge in [-0.25, -0.2) is 8.42 Å². The lowest BCUT2D eigenvalue weighted by molar-refractivity contribution is -0.00987. The van der Waals surface area contributed by atoms with Crippen LogP contribution in [0.1, 0.15) is 0 Å². The maximum atomic E-state index is 11.5. The summed E-state index contributed by atoms with van der Waals surface area (Å²) < 4.78 is 21.2. The Kier molecular flexibility index (Phi) is 5.23. The number of alkyl halides is 8. The third kappa shape index (κ3) is 3.70. The molecule has 18 heavy (non-hydrogen) atoms. The van der Waals surface area contributed by atoms with Gasteiger partial charge in [0.15, 0.2) is 19.2 Å². The molecule has 1 heterocycles. The van der Waals surface area contributed by atoms with Gasteiger partial charge >= 0.3 is 0 Å². The molecular formula is C6H4Cl8O3S. The van der Waals surface area contributed by atoms with Crippen molar-refractivity contribution in [1.29, 1.82) is 0 Å². The average Bonchev–Trinajstić information content (AvgIpc) is 2.09. The first-order chi connectivity index (χ1) is 7.62. The molecule has 1 aliphatic rings. The van der Waals surface area contributed by atoms with E-state index in [2.05, 4.69) is 0 Å². The molecule has 1 rings (SSSR count). The highest BCUT2D eigenvalue weighted by atomic mass is 35.6. The van der Waals surface area contributed by atoms with Crippen LogP contribution in [0, 0.1) is 0 Å². The van der Waals surface area contributed by atoms with E-state index in [0.29, 0.717) is 0 Å². The quantitative estimate of drug-likeness (QED) is 0.610. The van der Waals surface area contributed by atoms with Crippen molar-refractivity contribution in [2.45, 2.75) is 17.7 Å². The van der Waals surface area contributed by atoms with Gasteiger partial charge in [-0.05, 0) is 0 Å². The number of halogens is 8. The molecule has 108 valence electrons. The number of hydrogen-bond acceptors (Lipinski definition) is 3. The molecule has 0 radical (unpaired) electrons. The van der Waals surface area contributed by atoms with Gasteiger partial charge in [-0.15, -0.1) is 0 Å². The Hall–Kier alpha value is 2.23. The Morgan fingerprint density at radius 3 is 1.67 bits per heavy atom. The normalized spacial score (nSPS) is 31.6. The number of sulfone groups is 1. The van der Waals surface area contributed by atoms with E-state index in [0.717, 1.165) is 0 Å². The molecule has 0 saturated carbocycles. The smallest absolute Gasteiger partial charge is 0.267 e. The van der Waals surface area contributed by atoms with Crippen LogP contribution in [0.3, 0.4) is 0 Å².